The normalized spacial score (nSPS) is 13.5. The average molecular weight is 305 g/mol. The van der Waals surface area contributed by atoms with E-state index in [2.05, 4.69) is 5.32 Å². The Morgan fingerprint density at radius 1 is 1.19 bits per heavy atom. The number of carbonyl (C=O) groups excluding carboxylic acids is 1. The molecule has 5 heteroatoms. The molecule has 0 fully saturated rings. The van der Waals surface area contributed by atoms with Gasteiger partial charge in [0.25, 0.3) is 5.91 Å². The minimum absolute atomic E-state index is 0.178. The summed E-state index contributed by atoms with van der Waals surface area (Å²) in [6, 6.07) is 14.9. The van der Waals surface area contributed by atoms with E-state index in [1.165, 1.54) is 30.8 Å². The second kappa shape index (κ2) is 6.74. The topological polar surface area (TPSA) is 49.3 Å². The van der Waals surface area contributed by atoms with Gasteiger partial charge in [-0.05, 0) is 43.3 Å². The minimum Gasteiger partial charge on any atom is -0.379 e. The number of hydrogen-bond donors (Lipinski definition) is 2. The Bertz CT molecular complexity index is 599. The maximum absolute atomic E-state index is 12.8. The summed E-state index contributed by atoms with van der Waals surface area (Å²) >= 11 is 1.30. The number of carbonyl (C=O) groups is 1. The fourth-order valence-corrected chi connectivity index (χ4v) is 2.51. The van der Waals surface area contributed by atoms with Crippen LogP contribution < -0.4 is 5.32 Å². The van der Waals surface area contributed by atoms with Crippen LogP contribution in [0.25, 0.3) is 0 Å². The Kier molecular flexibility index (Phi) is 4.98. The Morgan fingerprint density at radius 2 is 1.81 bits per heavy atom. The number of thioether (sulfide) groups is 1. The molecule has 0 heterocycles. The third kappa shape index (κ3) is 4.58. The van der Waals surface area contributed by atoms with Gasteiger partial charge in [0, 0.05) is 16.3 Å². The quantitative estimate of drug-likeness (QED) is 0.833. The largest absolute Gasteiger partial charge is 0.379 e. The zero-order valence-corrected chi connectivity index (χ0v) is 12.4. The summed E-state index contributed by atoms with van der Waals surface area (Å²) in [5, 5.41) is 12.9. The lowest BCUT2D eigenvalue weighted by Crippen LogP contribution is -2.42. The van der Waals surface area contributed by atoms with E-state index in [0.717, 1.165) is 4.90 Å². The van der Waals surface area contributed by atoms with Crippen molar-refractivity contribution < 1.29 is 14.3 Å². The van der Waals surface area contributed by atoms with Crippen LogP contribution in [0.15, 0.2) is 59.5 Å². The summed E-state index contributed by atoms with van der Waals surface area (Å²) in [5.74, 6) is -0.603. The van der Waals surface area contributed by atoms with Crippen molar-refractivity contribution in [3.63, 3.8) is 0 Å². The lowest BCUT2D eigenvalue weighted by Gasteiger charge is -2.22. The first-order chi connectivity index (χ1) is 9.97. The third-order valence-corrected chi connectivity index (χ3v) is 4.17. The van der Waals surface area contributed by atoms with Crippen molar-refractivity contribution in [2.24, 2.45) is 0 Å². The molecule has 0 aromatic heterocycles. The van der Waals surface area contributed by atoms with E-state index in [0.29, 0.717) is 5.69 Å². The molecular formula is C16H16FNO2S. The fourth-order valence-electron chi connectivity index (χ4n) is 1.61. The molecule has 0 radical (unpaired) electrons. The van der Waals surface area contributed by atoms with Crippen LogP contribution in [-0.2, 0) is 4.79 Å². The van der Waals surface area contributed by atoms with E-state index in [4.69, 9.17) is 0 Å². The van der Waals surface area contributed by atoms with Crippen molar-refractivity contribution in [2.45, 2.75) is 17.4 Å². The summed E-state index contributed by atoms with van der Waals surface area (Å²) in [6.45, 7) is 1.46. The lowest BCUT2D eigenvalue weighted by molar-refractivity contribution is -0.130. The second-order valence-electron chi connectivity index (χ2n) is 4.84. The third-order valence-electron chi connectivity index (χ3n) is 2.85. The number of anilines is 1. The highest BCUT2D eigenvalue weighted by Crippen LogP contribution is 2.24. The Morgan fingerprint density at radius 3 is 2.43 bits per heavy atom. The van der Waals surface area contributed by atoms with Gasteiger partial charge in [-0.3, -0.25) is 4.79 Å². The van der Waals surface area contributed by atoms with E-state index >= 15 is 0 Å². The molecule has 0 aliphatic heterocycles. The smallest absolute Gasteiger partial charge is 0.256 e. The highest BCUT2D eigenvalue weighted by Gasteiger charge is 2.30. The monoisotopic (exact) mass is 305 g/mol. The molecule has 1 amide bonds. The Labute approximate surface area is 127 Å². The number of nitrogens with one attached hydrogen (secondary N) is 1. The van der Waals surface area contributed by atoms with Gasteiger partial charge in [0.15, 0.2) is 0 Å². The number of halogens is 1. The molecule has 0 saturated heterocycles. The molecule has 0 bridgehead atoms. The van der Waals surface area contributed by atoms with Crippen LogP contribution >= 0.6 is 11.8 Å². The van der Waals surface area contributed by atoms with Crippen LogP contribution in [-0.4, -0.2) is 22.4 Å². The van der Waals surface area contributed by atoms with Crippen LogP contribution in [0.3, 0.4) is 0 Å². The van der Waals surface area contributed by atoms with Crippen LogP contribution in [0.5, 0.6) is 0 Å². The predicted octanol–water partition coefficient (Wildman–Crippen LogP) is 3.31. The number of para-hydroxylation sites is 1. The van der Waals surface area contributed by atoms with Crippen LogP contribution in [0.4, 0.5) is 10.1 Å². The van der Waals surface area contributed by atoms with E-state index in [9.17, 15) is 14.3 Å². The predicted molar refractivity (Wildman–Crippen MR) is 82.8 cm³/mol. The van der Waals surface area contributed by atoms with Crippen molar-refractivity contribution in [3.05, 3.63) is 60.4 Å². The highest BCUT2D eigenvalue weighted by atomic mass is 32.2. The summed E-state index contributed by atoms with van der Waals surface area (Å²) < 4.78 is 12.8. The van der Waals surface area contributed by atoms with Crippen LogP contribution in [0, 0.1) is 5.82 Å². The van der Waals surface area contributed by atoms with Crippen molar-refractivity contribution >= 4 is 23.4 Å². The summed E-state index contributed by atoms with van der Waals surface area (Å²) in [5.41, 5.74) is -0.885. The fraction of sp³-hybridized carbons (Fsp3) is 0.188. The molecule has 1 unspecified atom stereocenters. The van der Waals surface area contributed by atoms with Gasteiger partial charge in [0.1, 0.15) is 11.4 Å². The Hall–Kier alpha value is -1.85. The molecule has 110 valence electrons. The number of hydrogen-bond acceptors (Lipinski definition) is 3. The molecular weight excluding hydrogens is 289 g/mol. The van der Waals surface area contributed by atoms with Gasteiger partial charge in [-0.15, -0.1) is 11.8 Å². The van der Waals surface area contributed by atoms with E-state index in [-0.39, 0.29) is 11.6 Å². The minimum atomic E-state index is -1.52. The van der Waals surface area contributed by atoms with Gasteiger partial charge >= 0.3 is 0 Å². The lowest BCUT2D eigenvalue weighted by atomic mass is 10.1. The van der Waals surface area contributed by atoms with Gasteiger partial charge in [0.05, 0.1) is 0 Å². The molecule has 0 spiro atoms. The molecule has 2 N–H and O–H groups in total. The standard InChI is InChI=1S/C16H16FNO2S/c1-16(20,11-21-14-9-7-12(17)8-10-14)15(19)18-13-5-3-2-4-6-13/h2-10,20H,11H2,1H3,(H,18,19). The van der Waals surface area contributed by atoms with Crippen molar-refractivity contribution in [1.29, 1.82) is 0 Å². The molecule has 0 saturated carbocycles. The first kappa shape index (κ1) is 15.5. The Balaban J connectivity index is 1.94. The summed E-state index contributed by atoms with van der Waals surface area (Å²) in [4.78, 5) is 12.9. The average Bonchev–Trinajstić information content (AvgIpc) is 2.48. The van der Waals surface area contributed by atoms with Crippen molar-refractivity contribution in [1.82, 2.24) is 0 Å². The number of amides is 1. The highest BCUT2D eigenvalue weighted by molar-refractivity contribution is 7.99. The van der Waals surface area contributed by atoms with E-state index in [1.54, 1.807) is 36.4 Å². The molecule has 2 aromatic carbocycles. The zero-order chi connectivity index (χ0) is 15.3. The summed E-state index contributed by atoms with van der Waals surface area (Å²) in [7, 11) is 0. The number of rotatable bonds is 5. The van der Waals surface area contributed by atoms with Crippen LogP contribution in [0.1, 0.15) is 6.92 Å². The first-order valence-electron chi connectivity index (χ1n) is 6.45. The molecule has 0 aliphatic carbocycles. The molecule has 0 aliphatic rings. The summed E-state index contributed by atoms with van der Waals surface area (Å²) in [6.07, 6.45) is 0. The van der Waals surface area contributed by atoms with Crippen molar-refractivity contribution in [3.8, 4) is 0 Å². The van der Waals surface area contributed by atoms with E-state index in [1.807, 2.05) is 6.07 Å². The maximum Gasteiger partial charge on any atom is 0.256 e. The van der Waals surface area contributed by atoms with Crippen molar-refractivity contribution in [2.75, 3.05) is 11.1 Å². The van der Waals surface area contributed by atoms with Crippen LogP contribution in [0.2, 0.25) is 0 Å². The molecule has 2 aromatic rings. The molecule has 3 nitrogen and oxygen atoms in total. The van der Waals surface area contributed by atoms with E-state index < -0.39 is 11.5 Å². The SMILES string of the molecule is CC(O)(CSc1ccc(F)cc1)C(=O)Nc1ccccc1. The molecule has 2 rings (SSSR count). The first-order valence-corrected chi connectivity index (χ1v) is 7.43. The number of aliphatic hydroxyl groups is 1. The van der Waals surface area contributed by atoms with Gasteiger partial charge in [0.2, 0.25) is 0 Å². The van der Waals surface area contributed by atoms with Gasteiger partial charge < -0.3 is 10.4 Å². The van der Waals surface area contributed by atoms with Gasteiger partial charge in [-0.25, -0.2) is 4.39 Å². The second-order valence-corrected chi connectivity index (χ2v) is 5.89. The molecule has 21 heavy (non-hydrogen) atoms. The number of benzene rings is 2. The van der Waals surface area contributed by atoms with Gasteiger partial charge in [-0.1, -0.05) is 18.2 Å². The maximum atomic E-state index is 12.8. The van der Waals surface area contributed by atoms with Gasteiger partial charge in [-0.2, -0.15) is 0 Å². The zero-order valence-electron chi connectivity index (χ0n) is 11.5. The molecule has 1 atom stereocenters.